The highest BCUT2D eigenvalue weighted by Crippen LogP contribution is 2.36. The van der Waals surface area contributed by atoms with Gasteiger partial charge in [-0.2, -0.15) is 0 Å². The normalized spacial score (nSPS) is 26.1. The summed E-state index contributed by atoms with van der Waals surface area (Å²) in [6.45, 7) is 1.42. The number of ether oxygens (including phenoxy) is 5. The van der Waals surface area contributed by atoms with Crippen LogP contribution in [-0.2, 0) is 23.7 Å². The molecule has 0 radical (unpaired) electrons. The van der Waals surface area contributed by atoms with Gasteiger partial charge in [-0.15, -0.1) is 0 Å². The maximum atomic E-state index is 13.2. The third kappa shape index (κ3) is 6.06. The number of rotatable bonds is 7. The van der Waals surface area contributed by atoms with Crippen molar-refractivity contribution >= 4 is 17.6 Å². The zero-order valence-corrected chi connectivity index (χ0v) is 20.9. The summed E-state index contributed by atoms with van der Waals surface area (Å²) in [4.78, 5) is 36.0. The van der Waals surface area contributed by atoms with E-state index >= 15 is 0 Å². The lowest BCUT2D eigenvalue weighted by atomic mass is 9.95. The highest BCUT2D eigenvalue weighted by Gasteiger charge is 2.53. The Bertz CT molecular complexity index is 1300. The predicted octanol–water partition coefficient (Wildman–Crippen LogP) is 3.54. The standard InChI is InChI=1S/C28H26N2O9/c1-17(31)29-23-25(38-26(32)18-8-4-2-5-9-18)24-22(16-35-27(39-24)19-10-6-3-7-11-19)37-28(23)36-21-14-12-20(13-15-21)30(33)34/h2-15,22-25,27-28H,16H2,1H3,(H,29,31)/t22-,23-,24+,25-,27-,28+/m1/s1. The molecule has 3 aromatic rings. The third-order valence-electron chi connectivity index (χ3n) is 6.33. The van der Waals surface area contributed by atoms with Crippen LogP contribution in [0.2, 0.25) is 0 Å². The SMILES string of the molecule is CC(=O)N[C@H]1[C@@H](Oc2ccc([N+](=O)[O-])cc2)O[C@@H]2CO[C@@H](c3ccccc3)O[C@@H]2[C@@H]1OC(=O)c1ccccc1. The quantitative estimate of drug-likeness (QED) is 0.274. The van der Waals surface area contributed by atoms with Gasteiger partial charge in [0.05, 0.1) is 17.1 Å². The van der Waals surface area contributed by atoms with Crippen LogP contribution in [0.4, 0.5) is 5.69 Å². The van der Waals surface area contributed by atoms with E-state index in [1.165, 1.54) is 31.2 Å². The van der Waals surface area contributed by atoms with Gasteiger partial charge in [0.25, 0.3) is 5.69 Å². The minimum Gasteiger partial charge on any atom is -0.463 e. The first kappa shape index (κ1) is 26.3. The van der Waals surface area contributed by atoms with Crippen molar-refractivity contribution in [1.82, 2.24) is 5.32 Å². The number of hydrogen-bond donors (Lipinski definition) is 1. The van der Waals surface area contributed by atoms with Crippen molar-refractivity contribution in [1.29, 1.82) is 0 Å². The van der Waals surface area contributed by atoms with Crippen molar-refractivity contribution in [2.45, 2.75) is 43.9 Å². The van der Waals surface area contributed by atoms with Crippen LogP contribution < -0.4 is 10.1 Å². The van der Waals surface area contributed by atoms with Crippen LogP contribution in [0.5, 0.6) is 5.75 Å². The van der Waals surface area contributed by atoms with Crippen molar-refractivity contribution in [3.8, 4) is 5.75 Å². The smallest absolute Gasteiger partial charge is 0.338 e. The van der Waals surface area contributed by atoms with Crippen LogP contribution in [0.25, 0.3) is 0 Å². The number of carbonyl (C=O) groups is 2. The Kier molecular flexibility index (Phi) is 7.82. The Labute approximate surface area is 223 Å². The van der Waals surface area contributed by atoms with Gasteiger partial charge in [-0.25, -0.2) is 4.79 Å². The molecule has 2 heterocycles. The summed E-state index contributed by atoms with van der Waals surface area (Å²) in [5.41, 5.74) is 0.979. The summed E-state index contributed by atoms with van der Waals surface area (Å²) >= 11 is 0. The molecule has 11 heteroatoms. The second-order valence-corrected chi connectivity index (χ2v) is 9.05. The first-order valence-electron chi connectivity index (χ1n) is 12.3. The highest BCUT2D eigenvalue weighted by atomic mass is 16.8. The number of nitro groups is 1. The lowest BCUT2D eigenvalue weighted by molar-refractivity contribution is -0.384. The number of non-ortho nitro benzene ring substituents is 1. The van der Waals surface area contributed by atoms with Gasteiger partial charge in [-0.05, 0) is 24.3 Å². The van der Waals surface area contributed by atoms with E-state index < -0.39 is 53.7 Å². The summed E-state index contributed by atoms with van der Waals surface area (Å²) in [6.07, 6.45) is -4.44. The molecule has 0 unspecified atom stereocenters. The van der Waals surface area contributed by atoms with E-state index in [4.69, 9.17) is 23.7 Å². The van der Waals surface area contributed by atoms with E-state index in [-0.39, 0.29) is 18.0 Å². The van der Waals surface area contributed by atoms with Crippen LogP contribution >= 0.6 is 0 Å². The number of esters is 1. The lowest BCUT2D eigenvalue weighted by Gasteiger charge is -2.48. The van der Waals surface area contributed by atoms with Crippen LogP contribution in [0.15, 0.2) is 84.9 Å². The van der Waals surface area contributed by atoms with E-state index in [2.05, 4.69) is 5.32 Å². The summed E-state index contributed by atoms with van der Waals surface area (Å²) in [5.74, 6) is -0.767. The van der Waals surface area contributed by atoms with E-state index in [1.54, 1.807) is 30.3 Å². The average molecular weight is 535 g/mol. The molecular weight excluding hydrogens is 508 g/mol. The summed E-state index contributed by atoms with van der Waals surface area (Å²) < 4.78 is 30.4. The number of amides is 1. The molecule has 2 saturated heterocycles. The number of hydrogen-bond acceptors (Lipinski definition) is 9. The van der Waals surface area contributed by atoms with Crippen LogP contribution in [-0.4, -0.2) is 54.1 Å². The molecule has 0 aromatic heterocycles. The molecule has 2 aliphatic heterocycles. The minimum absolute atomic E-state index is 0.0938. The Balaban J connectivity index is 1.46. The zero-order valence-electron chi connectivity index (χ0n) is 20.9. The number of benzene rings is 3. The molecule has 1 amide bonds. The molecular formula is C28H26N2O9. The molecule has 6 atom stereocenters. The lowest BCUT2D eigenvalue weighted by Crippen LogP contribution is -2.68. The van der Waals surface area contributed by atoms with Gasteiger partial charge >= 0.3 is 5.97 Å². The first-order valence-corrected chi connectivity index (χ1v) is 12.3. The Morgan fingerprint density at radius 3 is 2.26 bits per heavy atom. The monoisotopic (exact) mass is 534 g/mol. The second kappa shape index (κ2) is 11.6. The van der Waals surface area contributed by atoms with Gasteiger partial charge in [0.15, 0.2) is 12.4 Å². The Hall–Kier alpha value is -4.32. The topological polar surface area (TPSA) is 135 Å². The largest absolute Gasteiger partial charge is 0.463 e. The van der Waals surface area contributed by atoms with Gasteiger partial charge in [0.1, 0.15) is 24.0 Å². The van der Waals surface area contributed by atoms with Crippen LogP contribution in [0, 0.1) is 10.1 Å². The molecule has 0 aliphatic carbocycles. The van der Waals surface area contributed by atoms with Gasteiger partial charge in [0.2, 0.25) is 12.2 Å². The average Bonchev–Trinajstić information content (AvgIpc) is 2.95. The first-order chi connectivity index (χ1) is 18.9. The van der Waals surface area contributed by atoms with E-state index in [0.717, 1.165) is 5.56 Å². The second-order valence-electron chi connectivity index (χ2n) is 9.05. The molecule has 5 rings (SSSR count). The van der Waals surface area contributed by atoms with Crippen molar-refractivity contribution in [2.24, 2.45) is 0 Å². The Morgan fingerprint density at radius 1 is 0.949 bits per heavy atom. The predicted molar refractivity (Wildman–Crippen MR) is 136 cm³/mol. The molecule has 0 bridgehead atoms. The van der Waals surface area contributed by atoms with Crippen LogP contribution in [0.3, 0.4) is 0 Å². The van der Waals surface area contributed by atoms with E-state index in [9.17, 15) is 19.7 Å². The molecule has 3 aromatic carbocycles. The van der Waals surface area contributed by atoms with E-state index in [1.807, 2.05) is 30.3 Å². The number of nitrogens with zero attached hydrogens (tertiary/aromatic N) is 1. The zero-order chi connectivity index (χ0) is 27.4. The minimum atomic E-state index is -1.13. The van der Waals surface area contributed by atoms with Crippen molar-refractivity contribution < 1.29 is 38.2 Å². The molecule has 11 nitrogen and oxygen atoms in total. The van der Waals surface area contributed by atoms with Gasteiger partial charge in [-0.1, -0.05) is 48.5 Å². The van der Waals surface area contributed by atoms with E-state index in [0.29, 0.717) is 5.56 Å². The van der Waals surface area contributed by atoms with Gasteiger partial charge in [0, 0.05) is 24.6 Å². The number of fused-ring (bicyclic) bond motifs is 1. The molecule has 2 fully saturated rings. The molecule has 202 valence electrons. The van der Waals surface area contributed by atoms with Crippen molar-refractivity contribution in [2.75, 3.05) is 6.61 Å². The molecule has 39 heavy (non-hydrogen) atoms. The van der Waals surface area contributed by atoms with Crippen LogP contribution in [0.1, 0.15) is 29.1 Å². The summed E-state index contributed by atoms with van der Waals surface area (Å²) in [7, 11) is 0. The van der Waals surface area contributed by atoms with Gasteiger partial charge in [-0.3, -0.25) is 14.9 Å². The third-order valence-corrected chi connectivity index (χ3v) is 6.33. The number of nitro benzene ring substituents is 1. The summed E-state index contributed by atoms with van der Waals surface area (Å²) in [6, 6.07) is 22.2. The molecule has 0 spiro atoms. The van der Waals surface area contributed by atoms with Crippen molar-refractivity contribution in [3.05, 3.63) is 106 Å². The maximum absolute atomic E-state index is 13.2. The van der Waals surface area contributed by atoms with Gasteiger partial charge < -0.3 is 29.0 Å². The Morgan fingerprint density at radius 2 is 1.62 bits per heavy atom. The fraction of sp³-hybridized carbons (Fsp3) is 0.286. The fourth-order valence-corrected chi connectivity index (χ4v) is 4.53. The fourth-order valence-electron chi connectivity index (χ4n) is 4.53. The molecule has 0 saturated carbocycles. The highest BCUT2D eigenvalue weighted by molar-refractivity contribution is 5.89. The number of nitrogens with one attached hydrogen (secondary N) is 1. The molecule has 1 N–H and O–H groups in total. The molecule has 2 aliphatic rings. The maximum Gasteiger partial charge on any atom is 0.338 e. The van der Waals surface area contributed by atoms with Crippen molar-refractivity contribution in [3.63, 3.8) is 0 Å². The number of carbonyl (C=O) groups excluding carboxylic acids is 2. The summed E-state index contributed by atoms with van der Waals surface area (Å²) in [5, 5.41) is 13.8.